The summed E-state index contributed by atoms with van der Waals surface area (Å²) in [5.74, 6) is -0.329. The molecule has 0 unspecified atom stereocenters. The zero-order valence-electron chi connectivity index (χ0n) is 7.96. The number of nitrogens with two attached hydrogens (primary N) is 2. The van der Waals surface area contributed by atoms with Gasteiger partial charge in [-0.25, -0.2) is 9.67 Å². The van der Waals surface area contributed by atoms with Crippen LogP contribution in [0.4, 0.5) is 5.69 Å². The van der Waals surface area contributed by atoms with Crippen LogP contribution < -0.4 is 11.5 Å². The van der Waals surface area contributed by atoms with Crippen molar-refractivity contribution in [2.45, 2.75) is 0 Å². The molecule has 8 heteroatoms. The molecule has 16 heavy (non-hydrogen) atoms. The number of primary amides is 1. The van der Waals surface area contributed by atoms with Crippen molar-refractivity contribution in [3.8, 4) is 5.82 Å². The number of anilines is 1. The smallest absolute Gasteiger partial charge is 0.269 e. The van der Waals surface area contributed by atoms with E-state index < -0.39 is 5.91 Å². The Bertz CT molecular complexity index is 551. The van der Waals surface area contributed by atoms with E-state index in [0.717, 1.165) is 0 Å². The first-order valence-electron chi connectivity index (χ1n) is 4.22. The summed E-state index contributed by atoms with van der Waals surface area (Å²) in [7, 11) is 0. The molecular weight excluding hydrogens is 232 g/mol. The van der Waals surface area contributed by atoms with Gasteiger partial charge in [0.15, 0.2) is 5.82 Å². The van der Waals surface area contributed by atoms with E-state index in [1.807, 2.05) is 0 Å². The van der Waals surface area contributed by atoms with Crippen LogP contribution in [0.2, 0.25) is 5.28 Å². The van der Waals surface area contributed by atoms with Crippen molar-refractivity contribution in [1.82, 2.24) is 19.7 Å². The molecule has 4 N–H and O–H groups in total. The number of nitrogens with zero attached hydrogens (tertiary/aromatic N) is 4. The molecule has 0 aromatic carbocycles. The highest BCUT2D eigenvalue weighted by atomic mass is 35.5. The Hall–Kier alpha value is -2.15. The van der Waals surface area contributed by atoms with E-state index in [-0.39, 0.29) is 11.0 Å². The van der Waals surface area contributed by atoms with Gasteiger partial charge in [0, 0.05) is 6.20 Å². The van der Waals surface area contributed by atoms with Crippen LogP contribution in [0.5, 0.6) is 0 Å². The fourth-order valence-electron chi connectivity index (χ4n) is 1.12. The third kappa shape index (κ3) is 1.80. The van der Waals surface area contributed by atoms with Gasteiger partial charge in [0.05, 0.1) is 11.9 Å². The highest BCUT2D eigenvalue weighted by molar-refractivity contribution is 6.28. The van der Waals surface area contributed by atoms with Crippen molar-refractivity contribution in [3.63, 3.8) is 0 Å². The Labute approximate surface area is 95.0 Å². The summed E-state index contributed by atoms with van der Waals surface area (Å²) in [5.41, 5.74) is 11.1. The molecule has 0 saturated carbocycles. The lowest BCUT2D eigenvalue weighted by Gasteiger charge is -2.03. The van der Waals surface area contributed by atoms with Crippen LogP contribution in [0.3, 0.4) is 0 Å². The van der Waals surface area contributed by atoms with Crippen molar-refractivity contribution in [2.24, 2.45) is 5.73 Å². The van der Waals surface area contributed by atoms with Gasteiger partial charge in [0.25, 0.3) is 5.91 Å². The Morgan fingerprint density at radius 1 is 1.50 bits per heavy atom. The molecule has 0 aliphatic heterocycles. The molecule has 0 bridgehead atoms. The fourth-order valence-corrected chi connectivity index (χ4v) is 1.25. The van der Waals surface area contributed by atoms with Crippen LogP contribution >= 0.6 is 11.6 Å². The maximum Gasteiger partial charge on any atom is 0.269 e. The zero-order chi connectivity index (χ0) is 11.7. The molecule has 0 aliphatic rings. The number of rotatable bonds is 2. The number of amides is 1. The van der Waals surface area contributed by atoms with Crippen LogP contribution in [-0.2, 0) is 0 Å². The topological polar surface area (TPSA) is 113 Å². The summed E-state index contributed by atoms with van der Waals surface area (Å²) < 4.78 is 1.31. The maximum atomic E-state index is 10.9. The number of nitrogen functional groups attached to an aromatic ring is 1. The Morgan fingerprint density at radius 2 is 2.25 bits per heavy atom. The molecule has 7 nitrogen and oxygen atoms in total. The summed E-state index contributed by atoms with van der Waals surface area (Å²) in [6, 6.07) is 1.46. The highest BCUT2D eigenvalue weighted by Gasteiger charge is 2.10. The van der Waals surface area contributed by atoms with E-state index in [9.17, 15) is 4.79 Å². The van der Waals surface area contributed by atoms with Crippen molar-refractivity contribution in [3.05, 3.63) is 29.4 Å². The normalized spacial score (nSPS) is 10.3. The van der Waals surface area contributed by atoms with E-state index in [0.29, 0.717) is 11.5 Å². The Morgan fingerprint density at radius 3 is 2.88 bits per heavy atom. The minimum absolute atomic E-state index is 0.0420. The number of hydrogen-bond acceptors (Lipinski definition) is 5. The molecular formula is C8H7ClN6O. The molecule has 0 saturated heterocycles. The predicted molar refractivity (Wildman–Crippen MR) is 57.1 cm³/mol. The lowest BCUT2D eigenvalue weighted by molar-refractivity contribution is 0.0995. The summed E-state index contributed by atoms with van der Waals surface area (Å²) in [4.78, 5) is 18.5. The minimum Gasteiger partial charge on any atom is -0.394 e. The van der Waals surface area contributed by atoms with E-state index in [1.165, 1.54) is 23.1 Å². The molecule has 1 amide bonds. The van der Waals surface area contributed by atoms with Crippen LogP contribution in [0.15, 0.2) is 18.5 Å². The molecule has 2 rings (SSSR count). The molecule has 0 fully saturated rings. The number of aromatic nitrogens is 4. The van der Waals surface area contributed by atoms with Gasteiger partial charge in [-0.05, 0) is 17.7 Å². The van der Waals surface area contributed by atoms with Crippen molar-refractivity contribution < 1.29 is 4.79 Å². The van der Waals surface area contributed by atoms with Gasteiger partial charge in [-0.2, -0.15) is 10.1 Å². The third-order valence-corrected chi connectivity index (χ3v) is 2.01. The van der Waals surface area contributed by atoms with Crippen LogP contribution in [0, 0.1) is 0 Å². The van der Waals surface area contributed by atoms with Gasteiger partial charge < -0.3 is 11.5 Å². The van der Waals surface area contributed by atoms with Gasteiger partial charge >= 0.3 is 0 Å². The highest BCUT2D eigenvalue weighted by Crippen LogP contribution is 2.14. The average molecular weight is 239 g/mol. The quantitative estimate of drug-likeness (QED) is 0.715. The van der Waals surface area contributed by atoms with Gasteiger partial charge in [0.1, 0.15) is 5.69 Å². The van der Waals surface area contributed by atoms with Gasteiger partial charge in [0.2, 0.25) is 5.28 Å². The van der Waals surface area contributed by atoms with Gasteiger partial charge in [-0.1, -0.05) is 0 Å². The largest absolute Gasteiger partial charge is 0.394 e. The second-order valence-corrected chi connectivity index (χ2v) is 3.27. The zero-order valence-corrected chi connectivity index (χ0v) is 8.72. The number of halogens is 1. The average Bonchev–Trinajstić information content (AvgIpc) is 2.70. The van der Waals surface area contributed by atoms with Crippen molar-refractivity contribution in [2.75, 3.05) is 5.73 Å². The number of carbonyl (C=O) groups excluding carboxylic acids is 1. The summed E-state index contributed by atoms with van der Waals surface area (Å²) in [6.07, 6.45) is 2.87. The van der Waals surface area contributed by atoms with Gasteiger partial charge in [-0.15, -0.1) is 0 Å². The molecule has 2 aromatic rings. The lowest BCUT2D eigenvalue weighted by atomic mass is 10.4. The first-order chi connectivity index (χ1) is 7.58. The molecule has 2 aromatic heterocycles. The van der Waals surface area contributed by atoms with E-state index in [1.54, 1.807) is 0 Å². The first-order valence-corrected chi connectivity index (χ1v) is 4.59. The maximum absolute atomic E-state index is 10.9. The Balaban J connectivity index is 2.50. The van der Waals surface area contributed by atoms with Crippen molar-refractivity contribution in [1.29, 1.82) is 0 Å². The molecule has 2 heterocycles. The number of carbonyl (C=O) groups is 1. The molecule has 0 radical (unpaired) electrons. The molecule has 82 valence electrons. The van der Waals surface area contributed by atoms with E-state index in [4.69, 9.17) is 23.1 Å². The second kappa shape index (κ2) is 3.78. The van der Waals surface area contributed by atoms with E-state index in [2.05, 4.69) is 15.1 Å². The van der Waals surface area contributed by atoms with Crippen LogP contribution in [0.25, 0.3) is 5.82 Å². The monoisotopic (exact) mass is 238 g/mol. The summed E-state index contributed by atoms with van der Waals surface area (Å²) >= 11 is 5.63. The van der Waals surface area contributed by atoms with Crippen LogP contribution in [-0.4, -0.2) is 25.7 Å². The standard InChI is InChI=1S/C8H7ClN6O/c9-8-12-3-4(10)7(13-8)15-2-1-5(14-15)6(11)16/h1-3H,10H2,(H2,11,16). The molecule has 0 atom stereocenters. The third-order valence-electron chi connectivity index (χ3n) is 1.83. The van der Waals surface area contributed by atoms with E-state index >= 15 is 0 Å². The second-order valence-electron chi connectivity index (χ2n) is 2.93. The minimum atomic E-state index is -0.627. The first kappa shape index (κ1) is 10.4. The lowest BCUT2D eigenvalue weighted by Crippen LogP contribution is -2.13. The fraction of sp³-hybridized carbons (Fsp3) is 0. The summed E-state index contributed by atoms with van der Waals surface area (Å²) in [6.45, 7) is 0. The SMILES string of the molecule is NC(=O)c1ccn(-c2nc(Cl)ncc2N)n1. The van der Waals surface area contributed by atoms with Crippen molar-refractivity contribution >= 4 is 23.2 Å². The summed E-state index contributed by atoms with van der Waals surface area (Å²) in [5, 5.41) is 3.94. The Kier molecular flexibility index (Phi) is 2.45. The number of hydrogen-bond donors (Lipinski definition) is 2. The van der Waals surface area contributed by atoms with Gasteiger partial charge in [-0.3, -0.25) is 4.79 Å². The predicted octanol–water partition coefficient (Wildman–Crippen LogP) is -0.00320. The molecule has 0 aliphatic carbocycles. The molecule has 0 spiro atoms. The van der Waals surface area contributed by atoms with Crippen LogP contribution in [0.1, 0.15) is 10.5 Å².